The largest absolute Gasteiger partial charge is 0.383 e. The zero-order valence-corrected chi connectivity index (χ0v) is 17.6. The van der Waals surface area contributed by atoms with Crippen molar-refractivity contribution in [1.29, 1.82) is 0 Å². The van der Waals surface area contributed by atoms with Crippen molar-refractivity contribution in [2.24, 2.45) is 0 Å². The molecule has 7 heteroatoms. The number of methoxy groups -OCH3 is 1. The molecular formula is C20H30N4O2S. The van der Waals surface area contributed by atoms with Gasteiger partial charge in [-0.25, -0.2) is 0 Å². The number of nitrogens with zero attached hydrogens (tertiary/aromatic N) is 4. The van der Waals surface area contributed by atoms with Gasteiger partial charge in [-0.2, -0.15) is 0 Å². The Hall–Kier alpha value is -1.60. The molecule has 1 saturated carbocycles. The van der Waals surface area contributed by atoms with Crippen molar-refractivity contribution in [3.8, 4) is 0 Å². The lowest BCUT2D eigenvalue weighted by Gasteiger charge is -2.24. The first kappa shape index (κ1) is 20.1. The van der Waals surface area contributed by atoms with Crippen LogP contribution in [-0.2, 0) is 11.3 Å². The number of hydrogen-bond acceptors (Lipinski definition) is 5. The fourth-order valence-electron chi connectivity index (χ4n) is 4.03. The van der Waals surface area contributed by atoms with Crippen LogP contribution in [0.4, 0.5) is 0 Å². The van der Waals surface area contributed by atoms with E-state index in [4.69, 9.17) is 4.74 Å². The van der Waals surface area contributed by atoms with E-state index in [-0.39, 0.29) is 5.78 Å². The van der Waals surface area contributed by atoms with Crippen LogP contribution in [0.5, 0.6) is 0 Å². The summed E-state index contributed by atoms with van der Waals surface area (Å²) < 4.78 is 9.57. The predicted molar refractivity (Wildman–Crippen MR) is 108 cm³/mol. The van der Waals surface area contributed by atoms with E-state index < -0.39 is 0 Å². The minimum Gasteiger partial charge on any atom is -0.383 e. The Labute approximate surface area is 165 Å². The maximum Gasteiger partial charge on any atom is 0.191 e. The van der Waals surface area contributed by atoms with Gasteiger partial charge in [-0.05, 0) is 39.7 Å². The highest BCUT2D eigenvalue weighted by molar-refractivity contribution is 7.99. The van der Waals surface area contributed by atoms with E-state index in [0.29, 0.717) is 18.4 Å². The molecule has 1 fully saturated rings. The van der Waals surface area contributed by atoms with Gasteiger partial charge >= 0.3 is 0 Å². The first-order valence-corrected chi connectivity index (χ1v) is 10.7. The smallest absolute Gasteiger partial charge is 0.191 e. The molecule has 1 aliphatic carbocycles. The van der Waals surface area contributed by atoms with E-state index in [1.54, 1.807) is 7.11 Å². The number of thioether (sulfide) groups is 1. The second-order valence-corrected chi connectivity index (χ2v) is 8.28. The molecule has 0 saturated heterocycles. The SMILES string of the molecule is COCCn1c(C)cc(C(=O)CSc2nnc(C)n2C2CCCCC2)c1C. The molecule has 148 valence electrons. The van der Waals surface area contributed by atoms with E-state index in [1.165, 1.54) is 43.9 Å². The normalized spacial score (nSPS) is 15.4. The molecule has 27 heavy (non-hydrogen) atoms. The van der Waals surface area contributed by atoms with Gasteiger partial charge in [0.2, 0.25) is 0 Å². The molecule has 2 aromatic heterocycles. The van der Waals surface area contributed by atoms with Gasteiger partial charge < -0.3 is 13.9 Å². The van der Waals surface area contributed by atoms with Crippen LogP contribution in [0.3, 0.4) is 0 Å². The summed E-state index contributed by atoms with van der Waals surface area (Å²) in [6.45, 7) is 7.47. The van der Waals surface area contributed by atoms with Crippen LogP contribution in [0.1, 0.15) is 65.7 Å². The maximum atomic E-state index is 12.8. The molecule has 0 spiro atoms. The number of rotatable bonds is 8. The Balaban J connectivity index is 1.70. The van der Waals surface area contributed by atoms with Crippen molar-refractivity contribution in [2.75, 3.05) is 19.5 Å². The number of aryl methyl sites for hydroxylation is 2. The molecule has 0 atom stereocenters. The van der Waals surface area contributed by atoms with Crippen molar-refractivity contribution < 1.29 is 9.53 Å². The number of Topliss-reactive ketones (excluding diaryl/α,β-unsaturated/α-hetero) is 1. The summed E-state index contributed by atoms with van der Waals surface area (Å²) in [7, 11) is 1.70. The van der Waals surface area contributed by atoms with Gasteiger partial charge in [-0.1, -0.05) is 31.0 Å². The zero-order valence-electron chi connectivity index (χ0n) is 16.8. The highest BCUT2D eigenvalue weighted by Gasteiger charge is 2.23. The third kappa shape index (κ3) is 4.46. The number of ketones is 1. The van der Waals surface area contributed by atoms with Gasteiger partial charge in [0, 0.05) is 36.6 Å². The van der Waals surface area contributed by atoms with Gasteiger partial charge in [0.1, 0.15) is 5.82 Å². The molecule has 1 aliphatic rings. The number of aromatic nitrogens is 4. The molecule has 0 amide bonds. The van der Waals surface area contributed by atoms with Crippen LogP contribution in [0.2, 0.25) is 0 Å². The van der Waals surface area contributed by atoms with Crippen LogP contribution in [0.25, 0.3) is 0 Å². The number of hydrogen-bond donors (Lipinski definition) is 0. The monoisotopic (exact) mass is 390 g/mol. The van der Waals surface area contributed by atoms with Crippen LogP contribution >= 0.6 is 11.8 Å². The minimum absolute atomic E-state index is 0.146. The molecule has 0 aromatic carbocycles. The summed E-state index contributed by atoms with van der Waals surface area (Å²) >= 11 is 1.51. The third-order valence-electron chi connectivity index (χ3n) is 5.50. The molecule has 0 aliphatic heterocycles. The predicted octanol–water partition coefficient (Wildman–Crippen LogP) is 4.13. The summed E-state index contributed by atoms with van der Waals surface area (Å²) in [5, 5.41) is 9.49. The fraction of sp³-hybridized carbons (Fsp3) is 0.650. The van der Waals surface area contributed by atoms with Gasteiger partial charge in [-0.15, -0.1) is 10.2 Å². The van der Waals surface area contributed by atoms with Crippen molar-refractivity contribution >= 4 is 17.5 Å². The van der Waals surface area contributed by atoms with E-state index in [1.807, 2.05) is 26.8 Å². The Morgan fingerprint density at radius 3 is 2.67 bits per heavy atom. The van der Waals surface area contributed by atoms with Crippen molar-refractivity contribution in [1.82, 2.24) is 19.3 Å². The van der Waals surface area contributed by atoms with Gasteiger partial charge in [-0.3, -0.25) is 4.79 Å². The highest BCUT2D eigenvalue weighted by Crippen LogP contribution is 2.32. The summed E-state index contributed by atoms with van der Waals surface area (Å²) in [5.74, 6) is 1.49. The summed E-state index contributed by atoms with van der Waals surface area (Å²) in [5.41, 5.74) is 2.91. The Morgan fingerprint density at radius 2 is 1.96 bits per heavy atom. The number of carbonyl (C=O) groups excluding carboxylic acids is 1. The van der Waals surface area contributed by atoms with E-state index in [2.05, 4.69) is 19.3 Å². The standard InChI is InChI=1S/C20H30N4O2S/c1-14-12-18(15(2)23(14)10-11-26-4)19(25)13-27-20-22-21-16(3)24(20)17-8-6-5-7-9-17/h12,17H,5-11,13H2,1-4H3. The van der Waals surface area contributed by atoms with E-state index in [9.17, 15) is 4.79 Å². The second kappa shape index (κ2) is 9.06. The lowest BCUT2D eigenvalue weighted by molar-refractivity contribution is 0.102. The van der Waals surface area contributed by atoms with Crippen LogP contribution in [0, 0.1) is 20.8 Å². The number of carbonyl (C=O) groups is 1. The Kier molecular flexibility index (Phi) is 6.76. The average molecular weight is 391 g/mol. The topological polar surface area (TPSA) is 61.9 Å². The first-order valence-electron chi connectivity index (χ1n) is 9.76. The Bertz CT molecular complexity index is 790. The van der Waals surface area contributed by atoms with Gasteiger partial charge in [0.15, 0.2) is 10.9 Å². The molecule has 0 unspecified atom stereocenters. The van der Waals surface area contributed by atoms with Crippen molar-refractivity contribution in [2.45, 2.75) is 70.6 Å². The quantitative estimate of drug-likeness (QED) is 0.501. The summed E-state index contributed by atoms with van der Waals surface area (Å²) in [4.78, 5) is 12.8. The molecule has 0 radical (unpaired) electrons. The first-order chi connectivity index (χ1) is 13.0. The Morgan fingerprint density at radius 1 is 1.22 bits per heavy atom. The lowest BCUT2D eigenvalue weighted by atomic mass is 9.95. The summed E-state index contributed by atoms with van der Waals surface area (Å²) in [6, 6.07) is 2.47. The van der Waals surface area contributed by atoms with E-state index in [0.717, 1.165) is 34.5 Å². The van der Waals surface area contributed by atoms with E-state index >= 15 is 0 Å². The van der Waals surface area contributed by atoms with Crippen LogP contribution in [-0.4, -0.2) is 44.6 Å². The second-order valence-electron chi connectivity index (χ2n) is 7.33. The fourth-order valence-corrected chi connectivity index (χ4v) is 4.96. The maximum absolute atomic E-state index is 12.8. The summed E-state index contributed by atoms with van der Waals surface area (Å²) in [6.07, 6.45) is 6.21. The molecule has 2 heterocycles. The van der Waals surface area contributed by atoms with Gasteiger partial charge in [0.25, 0.3) is 0 Å². The van der Waals surface area contributed by atoms with Crippen molar-refractivity contribution in [3.63, 3.8) is 0 Å². The zero-order chi connectivity index (χ0) is 19.4. The molecule has 3 rings (SSSR count). The average Bonchev–Trinajstić information content (AvgIpc) is 3.18. The van der Waals surface area contributed by atoms with Crippen LogP contribution in [0.15, 0.2) is 11.2 Å². The molecule has 6 nitrogen and oxygen atoms in total. The minimum atomic E-state index is 0.146. The molecular weight excluding hydrogens is 360 g/mol. The molecule has 0 N–H and O–H groups in total. The molecule has 0 bridgehead atoms. The van der Waals surface area contributed by atoms with Crippen molar-refractivity contribution in [3.05, 3.63) is 28.8 Å². The third-order valence-corrected chi connectivity index (χ3v) is 6.44. The molecule has 2 aromatic rings. The number of ether oxygens (including phenoxy) is 1. The highest BCUT2D eigenvalue weighted by atomic mass is 32.2. The lowest BCUT2D eigenvalue weighted by Crippen LogP contribution is -2.16. The van der Waals surface area contributed by atoms with Crippen LogP contribution < -0.4 is 0 Å². The van der Waals surface area contributed by atoms with Gasteiger partial charge in [0.05, 0.1) is 12.4 Å².